The molecule has 0 spiro atoms. The van der Waals surface area contributed by atoms with E-state index in [1.165, 1.54) is 7.11 Å². The number of anilines is 1. The Hall–Kier alpha value is -1.78. The zero-order valence-electron chi connectivity index (χ0n) is 11.8. The lowest BCUT2D eigenvalue weighted by atomic mass is 10.1. The van der Waals surface area contributed by atoms with Gasteiger partial charge in [-0.05, 0) is 19.4 Å². The van der Waals surface area contributed by atoms with Gasteiger partial charge in [0.25, 0.3) is 0 Å². The van der Waals surface area contributed by atoms with Crippen LogP contribution in [0.5, 0.6) is 5.88 Å². The zero-order chi connectivity index (χ0) is 14.1. The second-order valence-corrected chi connectivity index (χ2v) is 4.18. The predicted molar refractivity (Wildman–Crippen MR) is 74.4 cm³/mol. The average Bonchev–Trinajstić information content (AvgIpc) is 2.44. The van der Waals surface area contributed by atoms with E-state index in [2.05, 4.69) is 17.2 Å². The van der Waals surface area contributed by atoms with Gasteiger partial charge in [-0.15, -0.1) is 0 Å². The molecule has 1 aromatic rings. The van der Waals surface area contributed by atoms with E-state index in [1.54, 1.807) is 12.3 Å². The Labute approximate surface area is 114 Å². The molecule has 0 bridgehead atoms. The van der Waals surface area contributed by atoms with Gasteiger partial charge in [0.2, 0.25) is 5.88 Å². The summed E-state index contributed by atoms with van der Waals surface area (Å²) in [4.78, 5) is 15.8. The standard InChI is InChI=1S/C14H22N2O3/c1-4-6-7-12(14(17)18-3)16-11-8-9-13(15-10-11)19-5-2/h8-10,12,16H,4-7H2,1-3H3. The summed E-state index contributed by atoms with van der Waals surface area (Å²) in [5.74, 6) is 0.332. The number of esters is 1. The predicted octanol–water partition coefficient (Wildman–Crippen LogP) is 2.62. The summed E-state index contributed by atoms with van der Waals surface area (Å²) >= 11 is 0. The van der Waals surface area contributed by atoms with E-state index in [-0.39, 0.29) is 12.0 Å². The Morgan fingerprint density at radius 3 is 2.74 bits per heavy atom. The number of unbranched alkanes of at least 4 members (excludes halogenated alkanes) is 1. The number of nitrogens with zero attached hydrogens (tertiary/aromatic N) is 1. The van der Waals surface area contributed by atoms with E-state index >= 15 is 0 Å². The molecule has 1 rings (SSSR count). The Morgan fingerprint density at radius 2 is 2.21 bits per heavy atom. The van der Waals surface area contributed by atoms with E-state index in [4.69, 9.17) is 9.47 Å². The van der Waals surface area contributed by atoms with E-state index in [0.29, 0.717) is 12.5 Å². The van der Waals surface area contributed by atoms with Crippen molar-refractivity contribution in [3.8, 4) is 5.88 Å². The van der Waals surface area contributed by atoms with Crippen LogP contribution in [0.25, 0.3) is 0 Å². The van der Waals surface area contributed by atoms with Crippen molar-refractivity contribution in [2.24, 2.45) is 0 Å². The van der Waals surface area contributed by atoms with Gasteiger partial charge in [0.05, 0.1) is 25.6 Å². The molecule has 1 heterocycles. The van der Waals surface area contributed by atoms with E-state index in [0.717, 1.165) is 24.9 Å². The van der Waals surface area contributed by atoms with Gasteiger partial charge in [-0.2, -0.15) is 0 Å². The van der Waals surface area contributed by atoms with Crippen LogP contribution in [0.15, 0.2) is 18.3 Å². The summed E-state index contributed by atoms with van der Waals surface area (Å²) in [6, 6.07) is 3.30. The van der Waals surface area contributed by atoms with Crippen LogP contribution in [-0.4, -0.2) is 30.7 Å². The molecular formula is C14H22N2O3. The van der Waals surface area contributed by atoms with Crippen LogP contribution < -0.4 is 10.1 Å². The lowest BCUT2D eigenvalue weighted by molar-refractivity contribution is -0.141. The highest BCUT2D eigenvalue weighted by Gasteiger charge is 2.18. The van der Waals surface area contributed by atoms with Crippen LogP contribution in [0.4, 0.5) is 5.69 Å². The molecule has 0 saturated carbocycles. The number of ether oxygens (including phenoxy) is 2. The van der Waals surface area contributed by atoms with Crippen molar-refractivity contribution in [2.75, 3.05) is 19.0 Å². The number of carbonyl (C=O) groups is 1. The minimum Gasteiger partial charge on any atom is -0.478 e. The molecule has 106 valence electrons. The molecule has 0 fully saturated rings. The highest BCUT2D eigenvalue weighted by atomic mass is 16.5. The number of rotatable bonds is 8. The number of methoxy groups -OCH3 is 1. The molecule has 0 aliphatic carbocycles. The number of aromatic nitrogens is 1. The number of nitrogens with one attached hydrogen (secondary N) is 1. The van der Waals surface area contributed by atoms with Crippen LogP contribution in [0.3, 0.4) is 0 Å². The van der Waals surface area contributed by atoms with Crippen molar-refractivity contribution in [3.63, 3.8) is 0 Å². The summed E-state index contributed by atoms with van der Waals surface area (Å²) < 4.78 is 10.1. The van der Waals surface area contributed by atoms with Crippen molar-refractivity contribution in [1.82, 2.24) is 4.98 Å². The van der Waals surface area contributed by atoms with Crippen LogP contribution in [0.1, 0.15) is 33.1 Å². The molecular weight excluding hydrogens is 244 g/mol. The van der Waals surface area contributed by atoms with Crippen molar-refractivity contribution < 1.29 is 14.3 Å². The van der Waals surface area contributed by atoms with Crippen LogP contribution in [0, 0.1) is 0 Å². The highest BCUT2D eigenvalue weighted by Crippen LogP contribution is 2.15. The topological polar surface area (TPSA) is 60.5 Å². The maximum absolute atomic E-state index is 11.7. The largest absolute Gasteiger partial charge is 0.478 e. The number of carbonyl (C=O) groups excluding carboxylic acids is 1. The van der Waals surface area contributed by atoms with E-state index < -0.39 is 0 Å². The minimum absolute atomic E-state index is 0.248. The van der Waals surface area contributed by atoms with Gasteiger partial charge < -0.3 is 14.8 Å². The third-order valence-electron chi connectivity index (χ3n) is 2.70. The fourth-order valence-electron chi connectivity index (χ4n) is 1.70. The van der Waals surface area contributed by atoms with Gasteiger partial charge in [0, 0.05) is 6.07 Å². The Morgan fingerprint density at radius 1 is 1.42 bits per heavy atom. The van der Waals surface area contributed by atoms with Crippen LogP contribution >= 0.6 is 0 Å². The molecule has 1 N–H and O–H groups in total. The summed E-state index contributed by atoms with van der Waals surface area (Å²) in [5, 5.41) is 3.14. The third kappa shape index (κ3) is 5.16. The second-order valence-electron chi connectivity index (χ2n) is 4.18. The Kier molecular flexibility index (Phi) is 6.71. The molecule has 1 unspecified atom stereocenters. The average molecular weight is 266 g/mol. The number of hydrogen-bond acceptors (Lipinski definition) is 5. The van der Waals surface area contributed by atoms with Gasteiger partial charge in [-0.3, -0.25) is 0 Å². The van der Waals surface area contributed by atoms with E-state index in [9.17, 15) is 4.79 Å². The smallest absolute Gasteiger partial charge is 0.328 e. The van der Waals surface area contributed by atoms with Gasteiger partial charge in [0.15, 0.2) is 0 Å². The van der Waals surface area contributed by atoms with Gasteiger partial charge >= 0.3 is 5.97 Å². The summed E-state index contributed by atoms with van der Waals surface area (Å²) in [7, 11) is 1.40. The van der Waals surface area contributed by atoms with Gasteiger partial charge in [-0.1, -0.05) is 19.8 Å². The SMILES string of the molecule is CCCCC(Nc1ccc(OCC)nc1)C(=O)OC. The maximum Gasteiger partial charge on any atom is 0.328 e. The Balaban J connectivity index is 2.64. The van der Waals surface area contributed by atoms with E-state index in [1.807, 2.05) is 13.0 Å². The third-order valence-corrected chi connectivity index (χ3v) is 2.70. The molecule has 1 aromatic heterocycles. The first-order chi connectivity index (χ1) is 9.21. The first-order valence-electron chi connectivity index (χ1n) is 6.64. The molecule has 1 atom stereocenters. The summed E-state index contributed by atoms with van der Waals surface area (Å²) in [6.07, 6.45) is 4.41. The van der Waals surface area contributed by atoms with Crippen molar-refractivity contribution in [2.45, 2.75) is 39.2 Å². The molecule has 5 heteroatoms. The molecule has 19 heavy (non-hydrogen) atoms. The molecule has 0 radical (unpaired) electrons. The molecule has 0 aromatic carbocycles. The molecule has 0 saturated heterocycles. The minimum atomic E-state index is -0.329. The van der Waals surface area contributed by atoms with Crippen LogP contribution in [-0.2, 0) is 9.53 Å². The molecule has 0 aliphatic rings. The maximum atomic E-state index is 11.7. The lowest BCUT2D eigenvalue weighted by Crippen LogP contribution is -2.30. The quantitative estimate of drug-likeness (QED) is 0.733. The first kappa shape index (κ1) is 15.3. The van der Waals surface area contributed by atoms with Gasteiger partial charge in [-0.25, -0.2) is 9.78 Å². The first-order valence-corrected chi connectivity index (χ1v) is 6.64. The monoisotopic (exact) mass is 266 g/mol. The highest BCUT2D eigenvalue weighted by molar-refractivity contribution is 5.79. The zero-order valence-corrected chi connectivity index (χ0v) is 11.8. The summed E-state index contributed by atoms with van der Waals surface area (Å²) in [5.41, 5.74) is 0.787. The summed E-state index contributed by atoms with van der Waals surface area (Å²) in [6.45, 7) is 4.58. The van der Waals surface area contributed by atoms with Crippen molar-refractivity contribution in [1.29, 1.82) is 0 Å². The Bertz CT molecular complexity index is 379. The molecule has 0 amide bonds. The fraction of sp³-hybridized carbons (Fsp3) is 0.571. The second kappa shape index (κ2) is 8.34. The van der Waals surface area contributed by atoms with Crippen LogP contribution in [0.2, 0.25) is 0 Å². The van der Waals surface area contributed by atoms with Crippen molar-refractivity contribution >= 4 is 11.7 Å². The molecule has 5 nitrogen and oxygen atoms in total. The molecule has 0 aliphatic heterocycles. The fourth-order valence-corrected chi connectivity index (χ4v) is 1.70. The van der Waals surface area contributed by atoms with Crippen molar-refractivity contribution in [3.05, 3.63) is 18.3 Å². The normalized spacial score (nSPS) is 11.7. The van der Waals surface area contributed by atoms with Gasteiger partial charge in [0.1, 0.15) is 6.04 Å². The number of pyridine rings is 1. The lowest BCUT2D eigenvalue weighted by Gasteiger charge is -2.17. The number of hydrogen-bond donors (Lipinski definition) is 1.